The predicted octanol–water partition coefficient (Wildman–Crippen LogP) is 4.14. The maximum Gasteiger partial charge on any atom is 0.129 e. The van der Waals surface area contributed by atoms with E-state index in [-0.39, 0.29) is 0 Å². The van der Waals surface area contributed by atoms with Crippen molar-refractivity contribution in [3.05, 3.63) is 53.2 Å². The summed E-state index contributed by atoms with van der Waals surface area (Å²) in [6.07, 6.45) is 2.81. The predicted molar refractivity (Wildman–Crippen MR) is 78.8 cm³/mol. The van der Waals surface area contributed by atoms with Crippen LogP contribution in [0.4, 0.5) is 5.82 Å². The minimum absolute atomic E-state index is 0.498. The SMILES string of the molecule is CCCNc1cc(OCc2cccc(Cl)c2)ccn1. The zero-order valence-corrected chi connectivity index (χ0v) is 11.7. The van der Waals surface area contributed by atoms with E-state index in [1.54, 1.807) is 6.20 Å². The molecule has 0 aliphatic carbocycles. The van der Waals surface area contributed by atoms with E-state index in [2.05, 4.69) is 17.2 Å². The smallest absolute Gasteiger partial charge is 0.129 e. The molecule has 2 rings (SSSR count). The minimum atomic E-state index is 0.498. The Balaban J connectivity index is 1.95. The van der Waals surface area contributed by atoms with Crippen LogP contribution in [-0.4, -0.2) is 11.5 Å². The lowest BCUT2D eigenvalue weighted by molar-refractivity contribution is 0.306. The van der Waals surface area contributed by atoms with Crippen molar-refractivity contribution in [1.29, 1.82) is 0 Å². The van der Waals surface area contributed by atoms with Gasteiger partial charge in [0.05, 0.1) is 0 Å². The second-order valence-corrected chi connectivity index (χ2v) is 4.66. The third-order valence-corrected chi connectivity index (χ3v) is 2.82. The molecule has 2 aromatic rings. The summed E-state index contributed by atoms with van der Waals surface area (Å²) in [7, 11) is 0. The highest BCUT2D eigenvalue weighted by Crippen LogP contribution is 2.17. The molecule has 0 aliphatic heterocycles. The van der Waals surface area contributed by atoms with Crippen molar-refractivity contribution in [2.24, 2.45) is 0 Å². The average Bonchev–Trinajstić information content (AvgIpc) is 2.43. The molecular weight excluding hydrogens is 260 g/mol. The number of pyridine rings is 1. The molecule has 0 unspecified atom stereocenters. The Labute approximate surface area is 118 Å². The van der Waals surface area contributed by atoms with Gasteiger partial charge in [0.1, 0.15) is 18.2 Å². The maximum atomic E-state index is 5.93. The van der Waals surface area contributed by atoms with Crippen LogP contribution in [0.2, 0.25) is 5.02 Å². The van der Waals surface area contributed by atoms with Crippen molar-refractivity contribution >= 4 is 17.4 Å². The largest absolute Gasteiger partial charge is 0.489 e. The summed E-state index contributed by atoms with van der Waals surface area (Å²) in [5, 5.41) is 3.95. The number of nitrogens with zero attached hydrogens (tertiary/aromatic N) is 1. The summed E-state index contributed by atoms with van der Waals surface area (Å²) >= 11 is 5.93. The van der Waals surface area contributed by atoms with Gasteiger partial charge in [-0.25, -0.2) is 4.98 Å². The molecule has 0 aliphatic rings. The molecule has 1 heterocycles. The van der Waals surface area contributed by atoms with Crippen molar-refractivity contribution in [2.75, 3.05) is 11.9 Å². The van der Waals surface area contributed by atoms with Gasteiger partial charge in [-0.05, 0) is 30.2 Å². The lowest BCUT2D eigenvalue weighted by Gasteiger charge is -2.09. The molecule has 0 saturated heterocycles. The Bertz CT molecular complexity index is 531. The molecular formula is C15H17ClN2O. The van der Waals surface area contributed by atoms with Crippen molar-refractivity contribution in [3.63, 3.8) is 0 Å². The minimum Gasteiger partial charge on any atom is -0.489 e. The number of benzene rings is 1. The van der Waals surface area contributed by atoms with Gasteiger partial charge in [-0.1, -0.05) is 30.7 Å². The maximum absolute atomic E-state index is 5.93. The molecule has 100 valence electrons. The summed E-state index contributed by atoms with van der Waals surface area (Å²) in [5.41, 5.74) is 1.05. The first-order chi connectivity index (χ1) is 9.28. The fraction of sp³-hybridized carbons (Fsp3) is 0.267. The Kier molecular flexibility index (Phi) is 5.04. The number of ether oxygens (including phenoxy) is 1. The van der Waals surface area contributed by atoms with E-state index in [9.17, 15) is 0 Å². The molecule has 1 aromatic heterocycles. The summed E-state index contributed by atoms with van der Waals surface area (Å²) in [5.74, 6) is 1.64. The lowest BCUT2D eigenvalue weighted by atomic mass is 10.2. The highest BCUT2D eigenvalue weighted by Gasteiger charge is 1.99. The number of aromatic nitrogens is 1. The van der Waals surface area contributed by atoms with Gasteiger partial charge in [-0.2, -0.15) is 0 Å². The standard InChI is InChI=1S/C15H17ClN2O/c1-2-7-17-15-10-14(6-8-18-15)19-11-12-4-3-5-13(16)9-12/h3-6,8-10H,2,7,11H2,1H3,(H,17,18). The molecule has 0 fully saturated rings. The van der Waals surface area contributed by atoms with Crippen LogP contribution in [0.25, 0.3) is 0 Å². The number of halogens is 1. The van der Waals surface area contributed by atoms with Crippen molar-refractivity contribution < 1.29 is 4.74 Å². The monoisotopic (exact) mass is 276 g/mol. The van der Waals surface area contributed by atoms with Gasteiger partial charge in [0, 0.05) is 23.8 Å². The van der Waals surface area contributed by atoms with Crippen LogP contribution in [0.15, 0.2) is 42.6 Å². The molecule has 1 N–H and O–H groups in total. The van der Waals surface area contributed by atoms with Crippen LogP contribution >= 0.6 is 11.6 Å². The van der Waals surface area contributed by atoms with Gasteiger partial charge in [-0.3, -0.25) is 0 Å². The number of anilines is 1. The number of hydrogen-bond acceptors (Lipinski definition) is 3. The van der Waals surface area contributed by atoms with Crippen LogP contribution in [0.1, 0.15) is 18.9 Å². The van der Waals surface area contributed by atoms with Gasteiger partial charge < -0.3 is 10.1 Å². The van der Waals surface area contributed by atoms with Crippen LogP contribution in [0, 0.1) is 0 Å². The lowest BCUT2D eigenvalue weighted by Crippen LogP contribution is -2.02. The van der Waals surface area contributed by atoms with Gasteiger partial charge in [-0.15, -0.1) is 0 Å². The van der Waals surface area contributed by atoms with E-state index in [0.717, 1.165) is 35.1 Å². The quantitative estimate of drug-likeness (QED) is 0.861. The summed E-state index contributed by atoms with van der Waals surface area (Å²) in [4.78, 5) is 4.23. The van der Waals surface area contributed by atoms with Gasteiger partial charge in [0.2, 0.25) is 0 Å². The fourth-order valence-electron chi connectivity index (χ4n) is 1.64. The van der Waals surface area contributed by atoms with E-state index in [4.69, 9.17) is 16.3 Å². The summed E-state index contributed by atoms with van der Waals surface area (Å²) in [6, 6.07) is 11.4. The molecule has 19 heavy (non-hydrogen) atoms. The van der Waals surface area contributed by atoms with Crippen molar-refractivity contribution in [3.8, 4) is 5.75 Å². The Morgan fingerprint density at radius 1 is 1.26 bits per heavy atom. The second kappa shape index (κ2) is 7.00. The third-order valence-electron chi connectivity index (χ3n) is 2.58. The Morgan fingerprint density at radius 2 is 2.16 bits per heavy atom. The van der Waals surface area contributed by atoms with Crippen molar-refractivity contribution in [1.82, 2.24) is 4.98 Å². The molecule has 0 atom stereocenters. The molecule has 0 spiro atoms. The summed E-state index contributed by atoms with van der Waals surface area (Å²) in [6.45, 7) is 3.52. The number of nitrogens with one attached hydrogen (secondary N) is 1. The molecule has 0 amide bonds. The normalized spacial score (nSPS) is 10.2. The van der Waals surface area contributed by atoms with Gasteiger partial charge >= 0.3 is 0 Å². The van der Waals surface area contributed by atoms with Crippen LogP contribution < -0.4 is 10.1 Å². The zero-order valence-electron chi connectivity index (χ0n) is 10.9. The van der Waals surface area contributed by atoms with E-state index >= 15 is 0 Å². The van der Waals surface area contributed by atoms with E-state index in [1.165, 1.54) is 0 Å². The first-order valence-electron chi connectivity index (χ1n) is 6.35. The highest BCUT2D eigenvalue weighted by atomic mass is 35.5. The zero-order chi connectivity index (χ0) is 13.5. The van der Waals surface area contributed by atoms with E-state index in [0.29, 0.717) is 6.61 Å². The van der Waals surface area contributed by atoms with Crippen LogP contribution in [-0.2, 0) is 6.61 Å². The first kappa shape index (κ1) is 13.7. The van der Waals surface area contributed by atoms with E-state index < -0.39 is 0 Å². The van der Waals surface area contributed by atoms with E-state index in [1.807, 2.05) is 36.4 Å². The summed E-state index contributed by atoms with van der Waals surface area (Å²) < 4.78 is 5.73. The Morgan fingerprint density at radius 3 is 2.95 bits per heavy atom. The molecule has 0 bridgehead atoms. The molecule has 4 heteroatoms. The third kappa shape index (κ3) is 4.45. The molecule has 1 aromatic carbocycles. The topological polar surface area (TPSA) is 34.1 Å². The number of rotatable bonds is 6. The van der Waals surface area contributed by atoms with Crippen LogP contribution in [0.3, 0.4) is 0 Å². The van der Waals surface area contributed by atoms with Gasteiger partial charge in [0.25, 0.3) is 0 Å². The average molecular weight is 277 g/mol. The highest BCUT2D eigenvalue weighted by molar-refractivity contribution is 6.30. The Hall–Kier alpha value is -1.74. The molecule has 0 radical (unpaired) electrons. The van der Waals surface area contributed by atoms with Gasteiger partial charge in [0.15, 0.2) is 0 Å². The molecule has 0 saturated carbocycles. The number of hydrogen-bond donors (Lipinski definition) is 1. The fourth-order valence-corrected chi connectivity index (χ4v) is 1.86. The first-order valence-corrected chi connectivity index (χ1v) is 6.73. The van der Waals surface area contributed by atoms with Crippen LogP contribution in [0.5, 0.6) is 5.75 Å². The second-order valence-electron chi connectivity index (χ2n) is 4.22. The van der Waals surface area contributed by atoms with Crippen molar-refractivity contribution in [2.45, 2.75) is 20.0 Å². The molecule has 3 nitrogen and oxygen atoms in total.